The van der Waals surface area contributed by atoms with Crippen molar-refractivity contribution in [3.8, 4) is 0 Å². The van der Waals surface area contributed by atoms with Crippen LogP contribution in [0.15, 0.2) is 29.2 Å². The van der Waals surface area contributed by atoms with E-state index in [9.17, 15) is 0 Å². The first-order valence-electron chi connectivity index (χ1n) is 3.06. The van der Waals surface area contributed by atoms with Crippen molar-refractivity contribution in [1.29, 1.82) is 0 Å². The molecule has 1 aliphatic rings. The Morgan fingerprint density at radius 1 is 1.40 bits per heavy atom. The van der Waals surface area contributed by atoms with Gasteiger partial charge < -0.3 is 4.31 Å². The zero-order chi connectivity index (χ0) is 6.97. The van der Waals surface area contributed by atoms with Crippen LogP contribution in [0.1, 0.15) is 0 Å². The summed E-state index contributed by atoms with van der Waals surface area (Å²) in [6.07, 6.45) is 0. The number of rotatable bonds is 0. The molecule has 1 heterocycles. The van der Waals surface area contributed by atoms with Crippen molar-refractivity contribution < 1.29 is 0 Å². The molecule has 1 aromatic carbocycles. The van der Waals surface area contributed by atoms with Gasteiger partial charge in [0.15, 0.2) is 0 Å². The van der Waals surface area contributed by atoms with Gasteiger partial charge in [-0.25, -0.2) is 0 Å². The summed E-state index contributed by atoms with van der Waals surface area (Å²) in [4.78, 5) is 1.33. The Labute approximate surface area is 70.0 Å². The van der Waals surface area contributed by atoms with Gasteiger partial charge in [0.1, 0.15) is 0 Å². The number of para-hydroxylation sites is 1. The average molecular weight is 169 g/mol. The summed E-state index contributed by atoms with van der Waals surface area (Å²) in [5.74, 6) is 0.961. The Morgan fingerprint density at radius 2 is 2.20 bits per heavy atom. The van der Waals surface area contributed by atoms with E-state index in [-0.39, 0.29) is 0 Å². The molecule has 10 heavy (non-hydrogen) atoms. The van der Waals surface area contributed by atoms with Crippen LogP contribution in [0.3, 0.4) is 0 Å². The molecule has 1 nitrogen and oxygen atoms in total. The predicted octanol–water partition coefficient (Wildman–Crippen LogP) is 2.40. The summed E-state index contributed by atoms with van der Waals surface area (Å²) in [7, 11) is 0. The molecule has 2 rings (SSSR count). The van der Waals surface area contributed by atoms with E-state index in [2.05, 4.69) is 31.0 Å². The van der Waals surface area contributed by atoms with Gasteiger partial charge in [-0.05, 0) is 12.1 Å². The van der Waals surface area contributed by atoms with Gasteiger partial charge >= 0.3 is 0 Å². The van der Waals surface area contributed by atoms with Crippen molar-refractivity contribution in [1.82, 2.24) is 0 Å². The normalized spacial score (nSPS) is 15.5. The minimum Gasteiger partial charge on any atom is -0.307 e. The zero-order valence-electron chi connectivity index (χ0n) is 5.32. The molecule has 52 valence electrons. The molecule has 0 atom stereocenters. The molecule has 0 bridgehead atoms. The van der Waals surface area contributed by atoms with Gasteiger partial charge in [0, 0.05) is 4.90 Å². The second kappa shape index (κ2) is 2.40. The number of thioether (sulfide) groups is 1. The van der Waals surface area contributed by atoms with Crippen molar-refractivity contribution in [3.63, 3.8) is 0 Å². The molecule has 1 aromatic rings. The molecule has 0 fully saturated rings. The number of hydrogen-bond acceptors (Lipinski definition) is 3. The molecule has 0 radical (unpaired) electrons. The quantitative estimate of drug-likeness (QED) is 0.594. The largest absolute Gasteiger partial charge is 0.307 e. The Hall–Kier alpha value is -0.280. The second-order valence-corrected chi connectivity index (χ2v) is 3.61. The third-order valence-corrected chi connectivity index (χ3v) is 3.08. The number of anilines is 1. The van der Waals surface area contributed by atoms with Crippen molar-refractivity contribution in [2.24, 2.45) is 0 Å². The van der Waals surface area contributed by atoms with Gasteiger partial charge in [-0.2, -0.15) is 0 Å². The van der Waals surface area contributed by atoms with Gasteiger partial charge in [0.25, 0.3) is 0 Å². The smallest absolute Gasteiger partial charge is 0.0795 e. The van der Waals surface area contributed by atoms with E-state index in [0.717, 1.165) is 5.88 Å². The Morgan fingerprint density at radius 3 is 3.00 bits per heavy atom. The van der Waals surface area contributed by atoms with E-state index in [1.807, 2.05) is 22.1 Å². The standard InChI is InChI=1S/C7H7NS2/c9-8-5-10-7-4-2-1-3-6(7)8/h1-4,9H,5H2. The maximum Gasteiger partial charge on any atom is 0.0795 e. The monoisotopic (exact) mass is 169 g/mol. The van der Waals surface area contributed by atoms with Crippen LogP contribution in [0.25, 0.3) is 0 Å². The molecule has 0 N–H and O–H groups in total. The summed E-state index contributed by atoms with van der Waals surface area (Å²) >= 11 is 6.11. The van der Waals surface area contributed by atoms with Crippen molar-refractivity contribution in [2.75, 3.05) is 10.2 Å². The van der Waals surface area contributed by atoms with Crippen molar-refractivity contribution in [2.45, 2.75) is 4.90 Å². The van der Waals surface area contributed by atoms with E-state index in [4.69, 9.17) is 0 Å². The van der Waals surface area contributed by atoms with Crippen LogP contribution < -0.4 is 4.31 Å². The molecular formula is C7H7NS2. The first-order valence-corrected chi connectivity index (χ1v) is 4.45. The van der Waals surface area contributed by atoms with Gasteiger partial charge in [-0.1, -0.05) is 24.9 Å². The molecule has 0 spiro atoms. The lowest BCUT2D eigenvalue weighted by Crippen LogP contribution is -2.01. The molecule has 0 amide bonds. The van der Waals surface area contributed by atoms with Crippen LogP contribution in [-0.4, -0.2) is 5.88 Å². The Bertz CT molecular complexity index is 249. The molecule has 0 aliphatic carbocycles. The first kappa shape index (κ1) is 6.43. The SMILES string of the molecule is SN1CSc2ccccc21. The fourth-order valence-electron chi connectivity index (χ4n) is 0.993. The van der Waals surface area contributed by atoms with E-state index in [1.165, 1.54) is 10.6 Å². The van der Waals surface area contributed by atoms with E-state index >= 15 is 0 Å². The Balaban J connectivity index is 2.51. The minimum atomic E-state index is 0.961. The molecule has 0 aromatic heterocycles. The highest BCUT2D eigenvalue weighted by atomic mass is 32.2. The number of benzene rings is 1. The fourth-order valence-corrected chi connectivity index (χ4v) is 2.31. The second-order valence-electron chi connectivity index (χ2n) is 2.14. The van der Waals surface area contributed by atoms with Gasteiger partial charge in [0.05, 0.1) is 11.6 Å². The van der Waals surface area contributed by atoms with E-state index in [0.29, 0.717) is 0 Å². The van der Waals surface area contributed by atoms with Crippen LogP contribution in [0.2, 0.25) is 0 Å². The number of thiol groups is 1. The lowest BCUT2D eigenvalue weighted by atomic mass is 10.3. The predicted molar refractivity (Wildman–Crippen MR) is 48.6 cm³/mol. The average Bonchev–Trinajstić information content (AvgIpc) is 2.34. The molecular weight excluding hydrogens is 162 g/mol. The summed E-state index contributed by atoms with van der Waals surface area (Å²) in [5.41, 5.74) is 1.23. The highest BCUT2D eigenvalue weighted by molar-refractivity contribution is 8.01. The zero-order valence-corrected chi connectivity index (χ0v) is 7.03. The topological polar surface area (TPSA) is 3.24 Å². The summed E-state index contributed by atoms with van der Waals surface area (Å²) in [6, 6.07) is 8.30. The fraction of sp³-hybridized carbons (Fsp3) is 0.143. The van der Waals surface area contributed by atoms with Gasteiger partial charge in [-0.15, -0.1) is 11.8 Å². The lowest BCUT2D eigenvalue weighted by molar-refractivity contribution is 1.32. The van der Waals surface area contributed by atoms with Crippen LogP contribution in [-0.2, 0) is 0 Å². The minimum absolute atomic E-state index is 0.961. The molecule has 1 aliphatic heterocycles. The third kappa shape index (κ3) is 0.896. The number of hydrogen-bond donors (Lipinski definition) is 1. The van der Waals surface area contributed by atoms with Crippen LogP contribution in [0.5, 0.6) is 0 Å². The first-order chi connectivity index (χ1) is 4.88. The highest BCUT2D eigenvalue weighted by Crippen LogP contribution is 2.38. The molecule has 3 heteroatoms. The van der Waals surface area contributed by atoms with Crippen molar-refractivity contribution >= 4 is 30.3 Å². The molecule has 0 saturated carbocycles. The maximum atomic E-state index is 4.28. The van der Waals surface area contributed by atoms with Crippen LogP contribution in [0.4, 0.5) is 5.69 Å². The number of fused-ring (bicyclic) bond motifs is 1. The van der Waals surface area contributed by atoms with Crippen LogP contribution in [0, 0.1) is 0 Å². The van der Waals surface area contributed by atoms with Gasteiger partial charge in [0.2, 0.25) is 0 Å². The summed E-state index contributed by atoms with van der Waals surface area (Å²) in [6.45, 7) is 0. The summed E-state index contributed by atoms with van der Waals surface area (Å²) < 4.78 is 1.96. The van der Waals surface area contributed by atoms with Crippen LogP contribution >= 0.6 is 24.6 Å². The van der Waals surface area contributed by atoms with Crippen molar-refractivity contribution in [3.05, 3.63) is 24.3 Å². The van der Waals surface area contributed by atoms with E-state index in [1.54, 1.807) is 0 Å². The number of nitrogens with zero attached hydrogens (tertiary/aromatic N) is 1. The highest BCUT2D eigenvalue weighted by Gasteiger charge is 2.14. The van der Waals surface area contributed by atoms with E-state index < -0.39 is 0 Å². The molecule has 0 saturated heterocycles. The third-order valence-electron chi connectivity index (χ3n) is 1.49. The lowest BCUT2D eigenvalue weighted by Gasteiger charge is -2.06. The maximum absolute atomic E-state index is 4.28. The Kier molecular flexibility index (Phi) is 1.54. The molecule has 0 unspecified atom stereocenters. The summed E-state index contributed by atoms with van der Waals surface area (Å²) in [5, 5.41) is 0. The van der Waals surface area contributed by atoms with Gasteiger partial charge in [-0.3, -0.25) is 0 Å².